The van der Waals surface area contributed by atoms with E-state index in [0.717, 1.165) is 0 Å². The van der Waals surface area contributed by atoms with Crippen LogP contribution in [0.15, 0.2) is 10.3 Å². The summed E-state index contributed by atoms with van der Waals surface area (Å²) in [5.74, 6) is 0. The van der Waals surface area contributed by atoms with Gasteiger partial charge in [-0.05, 0) is 30.5 Å². The second-order valence-electron chi connectivity index (χ2n) is 1.57. The van der Waals surface area contributed by atoms with E-state index in [0.29, 0.717) is 5.37 Å². The molecule has 1 atom stereocenters. The van der Waals surface area contributed by atoms with Crippen LogP contribution in [0.5, 0.6) is 0 Å². The highest BCUT2D eigenvalue weighted by atomic mass is 32.2. The lowest BCUT2D eigenvalue weighted by Crippen LogP contribution is -2.09. The molecule has 0 aromatic rings. The molecule has 52 valence electrons. The van der Waals surface area contributed by atoms with Crippen molar-refractivity contribution in [2.24, 2.45) is 0 Å². The Morgan fingerprint density at radius 3 is 2.78 bits per heavy atom. The van der Waals surface area contributed by atoms with Crippen molar-refractivity contribution in [3.05, 3.63) is 10.3 Å². The molecule has 0 aliphatic carbocycles. The molecule has 0 radical (unpaired) electrons. The first-order valence-electron chi connectivity index (χ1n) is 2.58. The molecule has 0 saturated heterocycles. The van der Waals surface area contributed by atoms with Crippen molar-refractivity contribution in [3.8, 4) is 0 Å². The Hall–Kier alpha value is 0.750. The fraction of sp³-hybridized carbons (Fsp3) is 0.600. The van der Waals surface area contributed by atoms with E-state index in [1.807, 2.05) is 11.8 Å². The Labute approximate surface area is 68.6 Å². The summed E-state index contributed by atoms with van der Waals surface area (Å²) in [6, 6.07) is 0. The molecule has 1 aliphatic rings. The predicted molar refractivity (Wildman–Crippen MR) is 49.6 cm³/mol. The minimum absolute atomic E-state index is 0.525. The Morgan fingerprint density at radius 2 is 2.44 bits per heavy atom. The number of nitrogens with one attached hydrogen (secondary N) is 1. The smallest absolute Gasteiger partial charge is 0.0830 e. The Balaban J connectivity index is 2.40. The second kappa shape index (κ2) is 3.81. The lowest BCUT2D eigenvalue weighted by molar-refractivity contribution is 1.08. The van der Waals surface area contributed by atoms with E-state index in [2.05, 4.69) is 23.3 Å². The molecule has 0 saturated carbocycles. The first kappa shape index (κ1) is 7.85. The highest BCUT2D eigenvalue weighted by Gasteiger charge is 2.12. The van der Waals surface area contributed by atoms with Crippen molar-refractivity contribution < 1.29 is 0 Å². The summed E-state index contributed by atoms with van der Waals surface area (Å²) in [5, 5.41) is 0.525. The molecular formula is C5H9NS3. The first-order valence-corrected chi connectivity index (χ1v) is 5.90. The van der Waals surface area contributed by atoms with Gasteiger partial charge in [0.1, 0.15) is 0 Å². The van der Waals surface area contributed by atoms with Gasteiger partial charge in [-0.15, -0.1) is 23.5 Å². The van der Waals surface area contributed by atoms with Crippen LogP contribution in [0.1, 0.15) is 0 Å². The van der Waals surface area contributed by atoms with Crippen molar-refractivity contribution in [1.82, 2.24) is 4.72 Å². The summed E-state index contributed by atoms with van der Waals surface area (Å²) >= 11 is 5.36. The number of rotatable bonds is 2. The van der Waals surface area contributed by atoms with Crippen LogP contribution in [0.3, 0.4) is 0 Å². The average molecular weight is 179 g/mol. The van der Waals surface area contributed by atoms with Gasteiger partial charge < -0.3 is 0 Å². The molecule has 0 aromatic heterocycles. The molecule has 1 N–H and O–H groups in total. The van der Waals surface area contributed by atoms with E-state index in [4.69, 9.17) is 0 Å². The SMILES string of the molecule is CSC1=CC(SC)NS1. The quantitative estimate of drug-likeness (QED) is 0.651. The zero-order valence-electron chi connectivity index (χ0n) is 5.38. The van der Waals surface area contributed by atoms with Crippen molar-refractivity contribution in [3.63, 3.8) is 0 Å². The molecule has 1 aliphatic heterocycles. The van der Waals surface area contributed by atoms with Crippen LogP contribution in [0, 0.1) is 0 Å². The molecule has 9 heavy (non-hydrogen) atoms. The van der Waals surface area contributed by atoms with Gasteiger partial charge in [0.15, 0.2) is 0 Å². The van der Waals surface area contributed by atoms with Crippen LogP contribution in [0.2, 0.25) is 0 Å². The Bertz CT molecular complexity index is 123. The third kappa shape index (κ3) is 2.11. The highest BCUT2D eigenvalue weighted by molar-refractivity contribution is 8.21. The zero-order chi connectivity index (χ0) is 6.69. The van der Waals surface area contributed by atoms with E-state index in [9.17, 15) is 0 Å². The minimum atomic E-state index is 0.525. The first-order chi connectivity index (χ1) is 4.36. The lowest BCUT2D eigenvalue weighted by Gasteiger charge is -1.99. The van der Waals surface area contributed by atoms with E-state index in [1.165, 1.54) is 4.24 Å². The third-order valence-corrected chi connectivity index (χ3v) is 3.93. The Morgan fingerprint density at radius 1 is 1.67 bits per heavy atom. The van der Waals surface area contributed by atoms with Crippen LogP contribution in [0.25, 0.3) is 0 Å². The molecule has 0 bridgehead atoms. The summed E-state index contributed by atoms with van der Waals surface area (Å²) < 4.78 is 4.66. The maximum atomic E-state index is 3.27. The van der Waals surface area contributed by atoms with Crippen LogP contribution in [-0.4, -0.2) is 17.9 Å². The summed E-state index contributed by atoms with van der Waals surface area (Å²) in [7, 11) is 0. The van der Waals surface area contributed by atoms with Gasteiger partial charge in [-0.25, -0.2) is 4.72 Å². The maximum absolute atomic E-state index is 3.27. The highest BCUT2D eigenvalue weighted by Crippen LogP contribution is 2.32. The Kier molecular flexibility index (Phi) is 3.32. The molecular weight excluding hydrogens is 170 g/mol. The fourth-order valence-corrected chi connectivity index (χ4v) is 2.76. The number of hydrogen-bond acceptors (Lipinski definition) is 4. The predicted octanol–water partition coefficient (Wildman–Crippen LogP) is 2.13. The minimum Gasteiger partial charge on any atom is -0.243 e. The average Bonchev–Trinajstić information content (AvgIpc) is 2.34. The maximum Gasteiger partial charge on any atom is 0.0830 e. The summed E-state index contributed by atoms with van der Waals surface area (Å²) in [5.41, 5.74) is 0. The van der Waals surface area contributed by atoms with Crippen molar-refractivity contribution in [1.29, 1.82) is 0 Å². The van der Waals surface area contributed by atoms with Crippen molar-refractivity contribution >= 4 is 35.5 Å². The van der Waals surface area contributed by atoms with Crippen LogP contribution in [-0.2, 0) is 0 Å². The fourth-order valence-electron chi connectivity index (χ4n) is 0.534. The molecule has 1 heterocycles. The monoisotopic (exact) mass is 179 g/mol. The molecule has 0 aromatic carbocycles. The lowest BCUT2D eigenvalue weighted by atomic mass is 10.6. The van der Waals surface area contributed by atoms with Gasteiger partial charge in [0, 0.05) is 0 Å². The van der Waals surface area contributed by atoms with E-state index >= 15 is 0 Å². The summed E-state index contributed by atoms with van der Waals surface area (Å²) in [6.07, 6.45) is 6.46. The van der Waals surface area contributed by atoms with Crippen LogP contribution in [0.4, 0.5) is 0 Å². The summed E-state index contributed by atoms with van der Waals surface area (Å²) in [4.78, 5) is 0. The van der Waals surface area contributed by atoms with E-state index in [1.54, 1.807) is 23.7 Å². The normalized spacial score (nSPS) is 26.4. The van der Waals surface area contributed by atoms with Crippen molar-refractivity contribution in [2.45, 2.75) is 5.37 Å². The van der Waals surface area contributed by atoms with Gasteiger partial charge in [-0.1, -0.05) is 0 Å². The number of hydrogen-bond donors (Lipinski definition) is 1. The second-order valence-corrected chi connectivity index (χ2v) is 4.53. The van der Waals surface area contributed by atoms with Gasteiger partial charge in [0.05, 0.1) is 9.61 Å². The van der Waals surface area contributed by atoms with E-state index < -0.39 is 0 Å². The number of thioether (sulfide) groups is 2. The molecule has 4 heteroatoms. The van der Waals surface area contributed by atoms with Crippen LogP contribution >= 0.6 is 35.5 Å². The van der Waals surface area contributed by atoms with Gasteiger partial charge >= 0.3 is 0 Å². The van der Waals surface area contributed by atoms with Gasteiger partial charge in [0.25, 0.3) is 0 Å². The van der Waals surface area contributed by atoms with Gasteiger partial charge in [-0.3, -0.25) is 0 Å². The molecule has 1 rings (SSSR count). The third-order valence-electron chi connectivity index (χ3n) is 1.02. The standard InChI is InChI=1S/C5H9NS3/c1-7-4-3-5(8-2)9-6-4/h3-4,6H,1-2H3. The molecule has 0 fully saturated rings. The zero-order valence-corrected chi connectivity index (χ0v) is 7.83. The molecule has 0 spiro atoms. The molecule has 0 amide bonds. The topological polar surface area (TPSA) is 12.0 Å². The van der Waals surface area contributed by atoms with Crippen LogP contribution < -0.4 is 4.72 Å². The largest absolute Gasteiger partial charge is 0.243 e. The van der Waals surface area contributed by atoms with Crippen molar-refractivity contribution in [2.75, 3.05) is 12.5 Å². The van der Waals surface area contributed by atoms with Gasteiger partial charge in [0.2, 0.25) is 0 Å². The van der Waals surface area contributed by atoms with Gasteiger partial charge in [-0.2, -0.15) is 0 Å². The molecule has 1 nitrogen and oxygen atoms in total. The molecule has 1 unspecified atom stereocenters. The summed E-state index contributed by atoms with van der Waals surface area (Å²) in [6.45, 7) is 0. The van der Waals surface area contributed by atoms with E-state index in [-0.39, 0.29) is 0 Å².